The lowest BCUT2D eigenvalue weighted by Crippen LogP contribution is -2.48. The van der Waals surface area contributed by atoms with Crippen LogP contribution in [0, 0.1) is 0 Å². The topological polar surface area (TPSA) is 80.3 Å². The van der Waals surface area contributed by atoms with Crippen molar-refractivity contribution in [1.29, 1.82) is 0 Å². The maximum absolute atomic E-state index is 11.4. The quantitative estimate of drug-likeness (QED) is 0.663. The predicted molar refractivity (Wildman–Crippen MR) is 87.3 cm³/mol. The minimum Gasteiger partial charge on any atom is -0.456 e. The zero-order chi connectivity index (χ0) is 18.3. The van der Waals surface area contributed by atoms with E-state index >= 15 is 0 Å². The van der Waals surface area contributed by atoms with Crippen molar-refractivity contribution >= 4 is 11.9 Å². The van der Waals surface area contributed by atoms with Crippen LogP contribution in [-0.2, 0) is 39.9 Å². The van der Waals surface area contributed by atoms with Crippen molar-refractivity contribution in [2.45, 2.75) is 52.0 Å². The van der Waals surface area contributed by atoms with Gasteiger partial charge in [0, 0.05) is 20.5 Å². The van der Waals surface area contributed by atoms with E-state index in [0.29, 0.717) is 13.2 Å². The first kappa shape index (κ1) is 19.4. The first-order valence-corrected chi connectivity index (χ1v) is 8.23. The Morgan fingerprint density at radius 3 is 2.44 bits per heavy atom. The minimum atomic E-state index is -1.31. The molecule has 1 aromatic rings. The Hall–Kier alpha value is -1.96. The lowest BCUT2D eigenvalue weighted by Gasteiger charge is -2.32. The second-order valence-corrected chi connectivity index (χ2v) is 5.71. The van der Waals surface area contributed by atoms with Crippen LogP contribution in [-0.4, -0.2) is 43.3 Å². The molecule has 0 N–H and O–H groups in total. The number of hydrogen-bond acceptors (Lipinski definition) is 7. The molecule has 0 radical (unpaired) electrons. The fraction of sp³-hybridized carbons (Fsp3) is 0.556. The first-order chi connectivity index (χ1) is 11.9. The van der Waals surface area contributed by atoms with E-state index in [-0.39, 0.29) is 13.0 Å². The highest BCUT2D eigenvalue weighted by atomic mass is 16.8. The zero-order valence-electron chi connectivity index (χ0n) is 14.7. The second-order valence-electron chi connectivity index (χ2n) is 5.71. The molecule has 0 aromatic heterocycles. The van der Waals surface area contributed by atoms with Crippen molar-refractivity contribution in [2.75, 3.05) is 13.2 Å². The summed E-state index contributed by atoms with van der Waals surface area (Å²) >= 11 is 0. The Morgan fingerprint density at radius 2 is 1.84 bits per heavy atom. The second kappa shape index (κ2) is 8.94. The molecule has 25 heavy (non-hydrogen) atoms. The normalized spacial score (nSPS) is 25.6. The number of carbonyl (C=O) groups is 2. The molecule has 1 fully saturated rings. The maximum atomic E-state index is 11.4. The SMILES string of the molecule is CCO[C@]1(COCc2ccccc2)O[C@@H](OC(C)=O)C[C@H]1OC(C)=O. The van der Waals surface area contributed by atoms with Crippen molar-refractivity contribution in [2.24, 2.45) is 0 Å². The third-order valence-corrected chi connectivity index (χ3v) is 3.64. The molecule has 1 saturated heterocycles. The fourth-order valence-corrected chi connectivity index (χ4v) is 2.72. The molecule has 7 nitrogen and oxygen atoms in total. The Labute approximate surface area is 147 Å². The summed E-state index contributed by atoms with van der Waals surface area (Å²) in [4.78, 5) is 22.6. The van der Waals surface area contributed by atoms with E-state index in [0.717, 1.165) is 5.56 Å². The van der Waals surface area contributed by atoms with Gasteiger partial charge in [-0.25, -0.2) is 0 Å². The minimum absolute atomic E-state index is 0.0332. The van der Waals surface area contributed by atoms with Gasteiger partial charge < -0.3 is 23.7 Å². The largest absolute Gasteiger partial charge is 0.456 e. The number of rotatable bonds is 8. The molecule has 0 spiro atoms. The van der Waals surface area contributed by atoms with Gasteiger partial charge in [-0.1, -0.05) is 30.3 Å². The number of carbonyl (C=O) groups excluding carboxylic acids is 2. The molecular weight excluding hydrogens is 328 g/mol. The number of esters is 2. The van der Waals surface area contributed by atoms with E-state index in [1.807, 2.05) is 30.3 Å². The van der Waals surface area contributed by atoms with Crippen LogP contribution in [0.4, 0.5) is 0 Å². The van der Waals surface area contributed by atoms with Gasteiger partial charge in [0.1, 0.15) is 6.61 Å². The van der Waals surface area contributed by atoms with E-state index in [9.17, 15) is 9.59 Å². The molecule has 2 rings (SSSR count). The summed E-state index contributed by atoms with van der Waals surface area (Å²) in [6.45, 7) is 5.10. The molecule has 0 saturated carbocycles. The number of hydrogen-bond donors (Lipinski definition) is 0. The molecule has 0 bridgehead atoms. The third kappa shape index (κ3) is 5.52. The predicted octanol–water partition coefficient (Wildman–Crippen LogP) is 2.18. The number of ether oxygens (including phenoxy) is 5. The lowest BCUT2D eigenvalue weighted by molar-refractivity contribution is -0.303. The first-order valence-electron chi connectivity index (χ1n) is 8.23. The maximum Gasteiger partial charge on any atom is 0.304 e. The van der Waals surface area contributed by atoms with Gasteiger partial charge in [0.2, 0.25) is 12.1 Å². The average Bonchev–Trinajstić information content (AvgIpc) is 2.84. The highest BCUT2D eigenvalue weighted by Crippen LogP contribution is 2.35. The van der Waals surface area contributed by atoms with E-state index < -0.39 is 30.1 Å². The van der Waals surface area contributed by atoms with E-state index in [1.54, 1.807) is 6.92 Å². The summed E-state index contributed by atoms with van der Waals surface area (Å²) in [6.07, 6.45) is -1.40. The standard InChI is InChI=1S/C18H24O7/c1-4-22-18(12-21-11-15-8-6-5-7-9-15)16(23-13(2)19)10-17(25-18)24-14(3)20/h5-9,16-17H,4,10-12H2,1-3H3/t16-,17-,18-/m1/s1. The average molecular weight is 352 g/mol. The highest BCUT2D eigenvalue weighted by Gasteiger charge is 2.53. The van der Waals surface area contributed by atoms with Crippen molar-refractivity contribution in [3.05, 3.63) is 35.9 Å². The summed E-state index contributed by atoms with van der Waals surface area (Å²) in [5.41, 5.74) is 0.993. The van der Waals surface area contributed by atoms with Gasteiger partial charge in [0.25, 0.3) is 0 Å². The van der Waals surface area contributed by atoms with Crippen LogP contribution in [0.2, 0.25) is 0 Å². The van der Waals surface area contributed by atoms with Crippen LogP contribution < -0.4 is 0 Å². The van der Waals surface area contributed by atoms with Crippen molar-refractivity contribution in [3.63, 3.8) is 0 Å². The van der Waals surface area contributed by atoms with Gasteiger partial charge in [0.15, 0.2) is 6.10 Å². The van der Waals surface area contributed by atoms with Crippen LogP contribution >= 0.6 is 0 Å². The van der Waals surface area contributed by atoms with E-state index in [4.69, 9.17) is 23.7 Å². The van der Waals surface area contributed by atoms with Gasteiger partial charge in [-0.2, -0.15) is 0 Å². The van der Waals surface area contributed by atoms with Gasteiger partial charge in [-0.15, -0.1) is 0 Å². The molecule has 3 atom stereocenters. The Kier molecular flexibility index (Phi) is 6.92. The zero-order valence-corrected chi connectivity index (χ0v) is 14.7. The summed E-state index contributed by atoms with van der Waals surface area (Å²) in [6, 6.07) is 9.64. The van der Waals surface area contributed by atoms with Crippen molar-refractivity contribution in [3.8, 4) is 0 Å². The van der Waals surface area contributed by atoms with Crippen LogP contribution in [0.3, 0.4) is 0 Å². The molecule has 1 aliphatic heterocycles. The summed E-state index contributed by atoms with van der Waals surface area (Å²) in [5.74, 6) is -2.26. The van der Waals surface area contributed by atoms with Crippen LogP contribution in [0.1, 0.15) is 32.8 Å². The lowest BCUT2D eigenvalue weighted by atomic mass is 10.1. The Bertz CT molecular complexity index is 574. The molecule has 1 aliphatic rings. The Balaban J connectivity index is 2.08. The fourth-order valence-electron chi connectivity index (χ4n) is 2.72. The summed E-state index contributed by atoms with van der Waals surface area (Å²) in [5, 5.41) is 0. The Morgan fingerprint density at radius 1 is 1.16 bits per heavy atom. The molecular formula is C18H24O7. The van der Waals surface area contributed by atoms with Crippen LogP contribution in [0.15, 0.2) is 30.3 Å². The molecule has 1 aromatic carbocycles. The highest BCUT2D eigenvalue weighted by molar-refractivity contribution is 5.66. The van der Waals surface area contributed by atoms with E-state index in [1.165, 1.54) is 13.8 Å². The van der Waals surface area contributed by atoms with Crippen molar-refractivity contribution in [1.82, 2.24) is 0 Å². The summed E-state index contributed by atoms with van der Waals surface area (Å²) < 4.78 is 27.7. The molecule has 7 heteroatoms. The third-order valence-electron chi connectivity index (χ3n) is 3.64. The molecule has 1 heterocycles. The monoisotopic (exact) mass is 352 g/mol. The van der Waals surface area contributed by atoms with E-state index in [2.05, 4.69) is 0 Å². The molecule has 0 unspecified atom stereocenters. The summed E-state index contributed by atoms with van der Waals surface area (Å²) in [7, 11) is 0. The van der Waals surface area contributed by atoms with Gasteiger partial charge in [-0.3, -0.25) is 9.59 Å². The smallest absolute Gasteiger partial charge is 0.304 e. The van der Waals surface area contributed by atoms with Gasteiger partial charge in [0.05, 0.1) is 13.0 Å². The van der Waals surface area contributed by atoms with Gasteiger partial charge >= 0.3 is 11.9 Å². The molecule has 0 aliphatic carbocycles. The van der Waals surface area contributed by atoms with Gasteiger partial charge in [-0.05, 0) is 12.5 Å². The molecule has 138 valence electrons. The van der Waals surface area contributed by atoms with Crippen LogP contribution in [0.5, 0.6) is 0 Å². The number of benzene rings is 1. The van der Waals surface area contributed by atoms with Crippen molar-refractivity contribution < 1.29 is 33.3 Å². The molecule has 0 amide bonds. The van der Waals surface area contributed by atoms with Crippen LogP contribution in [0.25, 0.3) is 0 Å².